The molecule has 0 spiro atoms. The number of halogens is 1. The van der Waals surface area contributed by atoms with Crippen LogP contribution < -0.4 is 10.6 Å². The number of rotatable bonds is 12. The fourth-order valence-electron chi connectivity index (χ4n) is 4.14. The number of aliphatic hydroxyl groups is 1. The number of unbranched alkanes of at least 4 members (excludes halogenated alkanes) is 1. The van der Waals surface area contributed by atoms with Crippen molar-refractivity contribution in [3.8, 4) is 0 Å². The molecule has 0 aliphatic rings. The Hall–Kier alpha value is -3.46. The largest absolute Gasteiger partial charge is 0.390 e. The number of aryl methyl sites for hydroxylation is 1. The maximum atomic E-state index is 13.1. The average Bonchev–Trinajstić information content (AvgIpc) is 3.58. The summed E-state index contributed by atoms with van der Waals surface area (Å²) in [6, 6.07) is 19.7. The van der Waals surface area contributed by atoms with Crippen LogP contribution in [0, 0.1) is 0 Å². The van der Waals surface area contributed by atoms with Gasteiger partial charge < -0.3 is 20.3 Å². The molecule has 1 unspecified atom stereocenters. The van der Waals surface area contributed by atoms with Crippen LogP contribution >= 0.6 is 22.9 Å². The van der Waals surface area contributed by atoms with Gasteiger partial charge in [-0.05, 0) is 41.1 Å². The second kappa shape index (κ2) is 13.4. The number of imidazole rings is 1. The number of benzene rings is 2. The second-order valence-corrected chi connectivity index (χ2v) is 10.3. The van der Waals surface area contributed by atoms with E-state index in [1.807, 2.05) is 64.5 Å². The van der Waals surface area contributed by atoms with Crippen LogP contribution in [0.15, 0.2) is 72.1 Å². The minimum atomic E-state index is -0.799. The monoisotopic (exact) mass is 550 g/mol. The van der Waals surface area contributed by atoms with Crippen LogP contribution in [0.2, 0.25) is 5.15 Å². The third kappa shape index (κ3) is 6.89. The second-order valence-electron chi connectivity index (χ2n) is 8.94. The van der Waals surface area contributed by atoms with Gasteiger partial charge >= 0.3 is 0 Å². The van der Waals surface area contributed by atoms with Gasteiger partial charge in [0.2, 0.25) is 5.91 Å². The van der Waals surface area contributed by atoms with Crippen molar-refractivity contribution in [3.05, 3.63) is 110 Å². The van der Waals surface area contributed by atoms with Crippen molar-refractivity contribution in [2.45, 2.75) is 51.9 Å². The number of aromatic nitrogens is 2. The predicted molar refractivity (Wildman–Crippen MR) is 150 cm³/mol. The highest BCUT2D eigenvalue weighted by molar-refractivity contribution is 7.10. The zero-order valence-corrected chi connectivity index (χ0v) is 22.8. The Balaban J connectivity index is 1.45. The van der Waals surface area contributed by atoms with Crippen molar-refractivity contribution in [1.82, 2.24) is 20.2 Å². The van der Waals surface area contributed by atoms with Gasteiger partial charge in [-0.1, -0.05) is 73.5 Å². The Morgan fingerprint density at radius 3 is 2.47 bits per heavy atom. The van der Waals surface area contributed by atoms with Crippen molar-refractivity contribution < 1.29 is 14.7 Å². The molecule has 4 aromatic rings. The van der Waals surface area contributed by atoms with Gasteiger partial charge in [0.15, 0.2) is 5.15 Å². The fourth-order valence-corrected chi connectivity index (χ4v) is 5.17. The van der Waals surface area contributed by atoms with Gasteiger partial charge in [-0.2, -0.15) is 0 Å². The van der Waals surface area contributed by atoms with E-state index in [2.05, 4.69) is 22.5 Å². The molecule has 38 heavy (non-hydrogen) atoms. The van der Waals surface area contributed by atoms with Crippen molar-refractivity contribution in [1.29, 1.82) is 0 Å². The lowest BCUT2D eigenvalue weighted by molar-refractivity contribution is -0.123. The van der Waals surface area contributed by atoms with E-state index in [-0.39, 0.29) is 18.4 Å². The molecule has 0 aliphatic carbocycles. The Labute approximate surface area is 231 Å². The summed E-state index contributed by atoms with van der Waals surface area (Å²) in [5.74, 6) is 0.229. The highest BCUT2D eigenvalue weighted by atomic mass is 35.5. The van der Waals surface area contributed by atoms with Gasteiger partial charge in [0.05, 0.1) is 12.3 Å². The zero-order valence-electron chi connectivity index (χ0n) is 21.2. The topological polar surface area (TPSA) is 96.2 Å². The van der Waals surface area contributed by atoms with Gasteiger partial charge in [0, 0.05) is 30.0 Å². The normalized spacial score (nSPS) is 11.8. The van der Waals surface area contributed by atoms with E-state index in [0.717, 1.165) is 41.1 Å². The summed E-state index contributed by atoms with van der Waals surface area (Å²) in [4.78, 5) is 31.4. The molecule has 0 radical (unpaired) electrons. The molecule has 198 valence electrons. The lowest BCUT2D eigenvalue weighted by Gasteiger charge is -2.18. The summed E-state index contributed by atoms with van der Waals surface area (Å²) in [7, 11) is 0. The minimum absolute atomic E-state index is 0.200. The van der Waals surface area contributed by atoms with Gasteiger partial charge in [-0.15, -0.1) is 11.3 Å². The number of aliphatic hydroxyl groups excluding tert-OH is 1. The molecule has 2 aromatic heterocycles. The van der Waals surface area contributed by atoms with Crippen molar-refractivity contribution in [2.75, 3.05) is 0 Å². The van der Waals surface area contributed by atoms with Crippen molar-refractivity contribution in [3.63, 3.8) is 0 Å². The molecular weight excluding hydrogens is 520 g/mol. The first-order chi connectivity index (χ1) is 18.5. The summed E-state index contributed by atoms with van der Waals surface area (Å²) < 4.78 is 1.94. The highest BCUT2D eigenvalue weighted by Crippen LogP contribution is 2.22. The molecule has 2 aromatic carbocycles. The van der Waals surface area contributed by atoms with Crippen LogP contribution in [-0.4, -0.2) is 26.5 Å². The van der Waals surface area contributed by atoms with E-state index >= 15 is 0 Å². The van der Waals surface area contributed by atoms with Crippen molar-refractivity contribution >= 4 is 34.8 Å². The number of carbonyl (C=O) groups excluding carboxylic acids is 2. The van der Waals surface area contributed by atoms with Crippen LogP contribution in [0.25, 0.3) is 0 Å². The molecule has 2 amide bonds. The number of carbonyl (C=O) groups is 2. The zero-order chi connectivity index (χ0) is 26.9. The number of nitrogens with zero attached hydrogens (tertiary/aromatic N) is 2. The van der Waals surface area contributed by atoms with Gasteiger partial charge in [0.25, 0.3) is 5.91 Å². The molecule has 3 N–H and O–H groups in total. The molecule has 0 aliphatic heterocycles. The number of nitrogens with one attached hydrogen (secondary N) is 2. The SMILES string of the molecule is CCCCc1nc(Cl)c(CO)n1Cc1ccc(C(=O)NC(C(=O)NCc2ccccc2)c2cccs2)cc1. The van der Waals surface area contributed by atoms with Gasteiger partial charge in [-0.25, -0.2) is 4.98 Å². The highest BCUT2D eigenvalue weighted by Gasteiger charge is 2.24. The molecule has 0 fully saturated rings. The smallest absolute Gasteiger partial charge is 0.252 e. The Morgan fingerprint density at radius 2 is 1.82 bits per heavy atom. The summed E-state index contributed by atoms with van der Waals surface area (Å²) in [5, 5.41) is 17.8. The lowest BCUT2D eigenvalue weighted by atomic mass is 10.1. The molecular formula is C29H31ClN4O3S. The molecule has 0 saturated carbocycles. The third-order valence-corrected chi connectivity index (χ3v) is 7.48. The summed E-state index contributed by atoms with van der Waals surface area (Å²) in [6.45, 7) is 2.77. The summed E-state index contributed by atoms with van der Waals surface area (Å²) >= 11 is 7.68. The lowest BCUT2D eigenvalue weighted by Crippen LogP contribution is -2.39. The fraction of sp³-hybridized carbons (Fsp3) is 0.276. The minimum Gasteiger partial charge on any atom is -0.390 e. The van der Waals surface area contributed by atoms with Gasteiger partial charge in [0.1, 0.15) is 11.9 Å². The van der Waals surface area contributed by atoms with Crippen LogP contribution in [0.3, 0.4) is 0 Å². The Kier molecular flexibility index (Phi) is 9.70. The molecule has 9 heteroatoms. The van der Waals surface area contributed by atoms with Crippen LogP contribution in [0.1, 0.15) is 63.7 Å². The molecule has 2 heterocycles. The predicted octanol–water partition coefficient (Wildman–Crippen LogP) is 5.27. The van der Waals surface area contributed by atoms with Crippen LogP contribution in [0.5, 0.6) is 0 Å². The van der Waals surface area contributed by atoms with Crippen LogP contribution in [0.4, 0.5) is 0 Å². The first-order valence-electron chi connectivity index (χ1n) is 12.6. The van der Waals surface area contributed by atoms with E-state index in [4.69, 9.17) is 11.6 Å². The third-order valence-electron chi connectivity index (χ3n) is 6.24. The quantitative estimate of drug-likeness (QED) is 0.224. The number of hydrogen-bond donors (Lipinski definition) is 3. The maximum Gasteiger partial charge on any atom is 0.252 e. The molecule has 1 atom stereocenters. The summed E-state index contributed by atoms with van der Waals surface area (Å²) in [5.41, 5.74) is 2.95. The average molecular weight is 551 g/mol. The molecule has 0 saturated heterocycles. The standard InChI is InChI=1S/C29H31ClN4O3S/c1-2-3-11-25-32-27(30)23(19-35)34(25)18-21-12-14-22(15-13-21)28(36)33-26(24-10-7-16-38-24)29(37)31-17-20-8-5-4-6-9-20/h4-10,12-16,26,35H,2-3,11,17-19H2,1H3,(H,31,37)(H,33,36). The van der Waals surface area contributed by atoms with Gasteiger partial charge in [-0.3, -0.25) is 9.59 Å². The number of hydrogen-bond acceptors (Lipinski definition) is 5. The number of thiophene rings is 1. The number of amides is 2. The van der Waals surface area contributed by atoms with E-state index in [1.54, 1.807) is 12.1 Å². The summed E-state index contributed by atoms with van der Waals surface area (Å²) in [6.07, 6.45) is 2.77. The van der Waals surface area contributed by atoms with Crippen LogP contribution in [-0.2, 0) is 30.9 Å². The molecule has 0 bridgehead atoms. The first kappa shape index (κ1) is 27.6. The first-order valence-corrected chi connectivity index (χ1v) is 13.8. The Bertz CT molecular complexity index is 1340. The maximum absolute atomic E-state index is 13.1. The van der Waals surface area contributed by atoms with Crippen molar-refractivity contribution in [2.24, 2.45) is 0 Å². The van der Waals surface area contributed by atoms with E-state index < -0.39 is 6.04 Å². The van der Waals surface area contributed by atoms with E-state index in [1.165, 1.54) is 11.3 Å². The Morgan fingerprint density at radius 1 is 1.05 bits per heavy atom. The molecule has 4 rings (SSSR count). The van der Waals surface area contributed by atoms with E-state index in [9.17, 15) is 14.7 Å². The van der Waals surface area contributed by atoms with E-state index in [0.29, 0.717) is 29.5 Å². The molecule has 7 nitrogen and oxygen atoms in total.